The zero-order valence-electron chi connectivity index (χ0n) is 10.4. The van der Waals surface area contributed by atoms with Crippen LogP contribution < -0.4 is 11.3 Å². The summed E-state index contributed by atoms with van der Waals surface area (Å²) in [6.07, 6.45) is 2.20. The van der Waals surface area contributed by atoms with Gasteiger partial charge in [0, 0.05) is 13.1 Å². The Morgan fingerprint density at radius 1 is 1.37 bits per heavy atom. The zero-order chi connectivity index (χ0) is 13.4. The second-order valence-electron chi connectivity index (χ2n) is 4.97. The van der Waals surface area contributed by atoms with E-state index in [-0.39, 0.29) is 29.4 Å². The highest BCUT2D eigenvalue weighted by molar-refractivity contribution is 5.99. The van der Waals surface area contributed by atoms with Crippen molar-refractivity contribution in [3.05, 3.63) is 29.6 Å². The number of nitrogens with one attached hydrogen (secondary N) is 1. The standard InChI is InChI=1S/C13H16FN3O2/c14-11-3-1-2-10(12(11)16-15)13(18)17-6-8-4-5-9(7-17)19-8/h1-3,8-9,16H,4-7,15H2. The van der Waals surface area contributed by atoms with E-state index in [4.69, 9.17) is 10.6 Å². The van der Waals surface area contributed by atoms with Crippen LogP contribution >= 0.6 is 0 Å². The van der Waals surface area contributed by atoms with Gasteiger partial charge in [-0.05, 0) is 25.0 Å². The smallest absolute Gasteiger partial charge is 0.256 e. The summed E-state index contributed by atoms with van der Waals surface area (Å²) in [7, 11) is 0. The van der Waals surface area contributed by atoms with Gasteiger partial charge in [-0.15, -0.1) is 0 Å². The highest BCUT2D eigenvalue weighted by Gasteiger charge is 2.36. The molecule has 2 unspecified atom stereocenters. The summed E-state index contributed by atoms with van der Waals surface area (Å²) >= 11 is 0. The lowest BCUT2D eigenvalue weighted by Gasteiger charge is -2.32. The maximum atomic E-state index is 13.6. The Kier molecular flexibility index (Phi) is 3.12. The molecule has 1 aromatic carbocycles. The van der Waals surface area contributed by atoms with Crippen LogP contribution in [-0.2, 0) is 4.74 Å². The van der Waals surface area contributed by atoms with E-state index >= 15 is 0 Å². The average molecular weight is 265 g/mol. The quantitative estimate of drug-likeness (QED) is 0.621. The number of anilines is 1. The number of amides is 1. The highest BCUT2D eigenvalue weighted by atomic mass is 19.1. The number of halogens is 1. The number of morpholine rings is 1. The maximum Gasteiger partial charge on any atom is 0.256 e. The Balaban J connectivity index is 1.86. The molecule has 2 fully saturated rings. The molecular weight excluding hydrogens is 249 g/mol. The first-order valence-electron chi connectivity index (χ1n) is 6.39. The maximum absolute atomic E-state index is 13.6. The van der Waals surface area contributed by atoms with Crippen molar-refractivity contribution < 1.29 is 13.9 Å². The number of nitrogens with zero attached hydrogens (tertiary/aromatic N) is 1. The molecule has 2 heterocycles. The molecule has 0 saturated carbocycles. The number of likely N-dealkylation sites (tertiary alicyclic amines) is 1. The van der Waals surface area contributed by atoms with E-state index < -0.39 is 5.82 Å². The van der Waals surface area contributed by atoms with Crippen molar-refractivity contribution in [3.8, 4) is 0 Å². The molecule has 1 aromatic rings. The SMILES string of the molecule is NNc1c(F)cccc1C(=O)N1CC2CCC(C1)O2. The minimum Gasteiger partial charge on any atom is -0.371 e. The third-order valence-electron chi connectivity index (χ3n) is 3.72. The Morgan fingerprint density at radius 3 is 2.68 bits per heavy atom. The Hall–Kier alpha value is -1.66. The fourth-order valence-corrected chi connectivity index (χ4v) is 2.80. The first-order valence-corrected chi connectivity index (χ1v) is 6.39. The predicted molar refractivity (Wildman–Crippen MR) is 68.0 cm³/mol. The van der Waals surface area contributed by atoms with Gasteiger partial charge in [0.1, 0.15) is 5.82 Å². The molecule has 2 saturated heterocycles. The molecule has 2 atom stereocenters. The van der Waals surface area contributed by atoms with Crippen LogP contribution in [0.3, 0.4) is 0 Å². The molecular formula is C13H16FN3O2. The minimum absolute atomic E-state index is 0.0475. The number of nitrogen functional groups attached to an aromatic ring is 1. The summed E-state index contributed by atoms with van der Waals surface area (Å²) in [5.74, 6) is 4.58. The van der Waals surface area contributed by atoms with Gasteiger partial charge in [-0.2, -0.15) is 0 Å². The molecule has 3 rings (SSSR count). The van der Waals surface area contributed by atoms with E-state index in [0.29, 0.717) is 13.1 Å². The molecule has 19 heavy (non-hydrogen) atoms. The number of benzene rings is 1. The Bertz CT molecular complexity index is 497. The van der Waals surface area contributed by atoms with E-state index in [9.17, 15) is 9.18 Å². The number of carbonyl (C=O) groups is 1. The molecule has 0 aliphatic carbocycles. The van der Waals surface area contributed by atoms with Crippen LogP contribution in [0.4, 0.5) is 10.1 Å². The summed E-state index contributed by atoms with van der Waals surface area (Å²) in [6, 6.07) is 4.37. The molecule has 2 aliphatic rings. The van der Waals surface area contributed by atoms with Gasteiger partial charge < -0.3 is 15.1 Å². The van der Waals surface area contributed by atoms with Crippen LogP contribution in [-0.4, -0.2) is 36.1 Å². The Morgan fingerprint density at radius 2 is 2.05 bits per heavy atom. The van der Waals surface area contributed by atoms with Crippen molar-refractivity contribution >= 4 is 11.6 Å². The molecule has 6 heteroatoms. The number of hydrogen-bond acceptors (Lipinski definition) is 4. The summed E-state index contributed by atoms with van der Waals surface area (Å²) < 4.78 is 19.3. The van der Waals surface area contributed by atoms with E-state index in [1.54, 1.807) is 11.0 Å². The molecule has 1 amide bonds. The zero-order valence-corrected chi connectivity index (χ0v) is 10.4. The minimum atomic E-state index is -0.524. The lowest BCUT2D eigenvalue weighted by Crippen LogP contribution is -2.46. The third kappa shape index (κ3) is 2.17. The van der Waals surface area contributed by atoms with Crippen molar-refractivity contribution in [2.24, 2.45) is 5.84 Å². The number of carbonyl (C=O) groups excluding carboxylic acids is 1. The summed E-state index contributed by atoms with van der Waals surface area (Å²) in [6.45, 7) is 1.13. The van der Waals surface area contributed by atoms with Gasteiger partial charge in [0.15, 0.2) is 0 Å². The molecule has 5 nitrogen and oxygen atoms in total. The van der Waals surface area contributed by atoms with Gasteiger partial charge in [-0.25, -0.2) is 4.39 Å². The molecule has 0 radical (unpaired) electrons. The number of rotatable bonds is 2. The number of ether oxygens (including phenoxy) is 1. The van der Waals surface area contributed by atoms with Crippen LogP contribution in [0, 0.1) is 5.82 Å². The van der Waals surface area contributed by atoms with Crippen LogP contribution in [0.25, 0.3) is 0 Å². The van der Waals surface area contributed by atoms with Crippen LogP contribution in [0.2, 0.25) is 0 Å². The van der Waals surface area contributed by atoms with Gasteiger partial charge in [0.2, 0.25) is 0 Å². The van der Waals surface area contributed by atoms with E-state index in [2.05, 4.69) is 5.43 Å². The van der Waals surface area contributed by atoms with Gasteiger partial charge in [-0.1, -0.05) is 6.07 Å². The van der Waals surface area contributed by atoms with Crippen LogP contribution in [0.5, 0.6) is 0 Å². The lowest BCUT2D eigenvalue weighted by atomic mass is 10.1. The fraction of sp³-hybridized carbons (Fsp3) is 0.462. The average Bonchev–Trinajstić information content (AvgIpc) is 2.76. The van der Waals surface area contributed by atoms with Crippen molar-refractivity contribution in [1.82, 2.24) is 4.90 Å². The first-order chi connectivity index (χ1) is 9.19. The normalized spacial score (nSPS) is 25.5. The lowest BCUT2D eigenvalue weighted by molar-refractivity contribution is -0.0303. The predicted octanol–water partition coefficient (Wildman–Crippen LogP) is 1.11. The topological polar surface area (TPSA) is 67.6 Å². The number of nitrogens with two attached hydrogens (primary N) is 1. The van der Waals surface area contributed by atoms with Crippen LogP contribution in [0.15, 0.2) is 18.2 Å². The number of hydrogen-bond donors (Lipinski definition) is 2. The second-order valence-corrected chi connectivity index (χ2v) is 4.97. The molecule has 3 N–H and O–H groups in total. The van der Waals surface area contributed by atoms with Crippen molar-refractivity contribution in [2.45, 2.75) is 25.0 Å². The van der Waals surface area contributed by atoms with Gasteiger partial charge in [0.05, 0.1) is 23.5 Å². The largest absolute Gasteiger partial charge is 0.371 e. The van der Waals surface area contributed by atoms with Crippen molar-refractivity contribution in [2.75, 3.05) is 18.5 Å². The van der Waals surface area contributed by atoms with Crippen LogP contribution in [0.1, 0.15) is 23.2 Å². The second kappa shape index (κ2) is 4.79. The van der Waals surface area contributed by atoms with E-state index in [1.165, 1.54) is 12.1 Å². The Labute approximate surface area is 110 Å². The summed E-state index contributed by atoms with van der Waals surface area (Å²) in [5.41, 5.74) is 2.58. The number of fused-ring (bicyclic) bond motifs is 2. The summed E-state index contributed by atoms with van der Waals surface area (Å²) in [4.78, 5) is 14.2. The van der Waals surface area contributed by atoms with Crippen molar-refractivity contribution in [1.29, 1.82) is 0 Å². The monoisotopic (exact) mass is 265 g/mol. The number of para-hydroxylation sites is 1. The van der Waals surface area contributed by atoms with E-state index in [1.807, 2.05) is 0 Å². The molecule has 2 bridgehead atoms. The summed E-state index contributed by atoms with van der Waals surface area (Å²) in [5, 5.41) is 0. The molecule has 2 aliphatic heterocycles. The number of hydrazine groups is 1. The van der Waals surface area contributed by atoms with Gasteiger partial charge >= 0.3 is 0 Å². The molecule has 0 spiro atoms. The highest BCUT2D eigenvalue weighted by Crippen LogP contribution is 2.28. The van der Waals surface area contributed by atoms with E-state index in [0.717, 1.165) is 12.8 Å². The third-order valence-corrected chi connectivity index (χ3v) is 3.72. The van der Waals surface area contributed by atoms with Gasteiger partial charge in [0.25, 0.3) is 5.91 Å². The van der Waals surface area contributed by atoms with Crippen molar-refractivity contribution in [3.63, 3.8) is 0 Å². The van der Waals surface area contributed by atoms with Gasteiger partial charge in [-0.3, -0.25) is 10.6 Å². The molecule has 0 aromatic heterocycles. The first kappa shape index (κ1) is 12.4. The molecule has 102 valence electrons. The fourth-order valence-electron chi connectivity index (χ4n) is 2.80.